The molecular formula is C16H18N2O2S. The molecule has 0 saturated carbocycles. The van der Waals surface area contributed by atoms with E-state index in [0.717, 1.165) is 16.3 Å². The Hall–Kier alpha value is -2.14. The Morgan fingerprint density at radius 3 is 2.38 bits per heavy atom. The Morgan fingerprint density at radius 2 is 1.81 bits per heavy atom. The van der Waals surface area contributed by atoms with Gasteiger partial charge >= 0.3 is 6.03 Å². The van der Waals surface area contributed by atoms with Crippen molar-refractivity contribution in [2.75, 3.05) is 19.0 Å². The van der Waals surface area contributed by atoms with Gasteiger partial charge < -0.3 is 10.1 Å². The Kier molecular flexibility index (Phi) is 5.51. The van der Waals surface area contributed by atoms with E-state index in [1.165, 1.54) is 11.9 Å². The number of amides is 2. The van der Waals surface area contributed by atoms with E-state index in [2.05, 4.69) is 5.32 Å². The third-order valence-electron chi connectivity index (χ3n) is 2.81. The summed E-state index contributed by atoms with van der Waals surface area (Å²) < 4.78 is 6.77. The van der Waals surface area contributed by atoms with E-state index in [-0.39, 0.29) is 6.03 Å². The lowest BCUT2D eigenvalue weighted by atomic mass is 10.3. The van der Waals surface area contributed by atoms with Gasteiger partial charge in [-0.15, -0.1) is 0 Å². The molecule has 0 spiro atoms. The number of hydrogen-bond donors (Lipinski definition) is 1. The lowest BCUT2D eigenvalue weighted by Gasteiger charge is -2.20. The molecule has 1 N–H and O–H groups in total. The van der Waals surface area contributed by atoms with Gasteiger partial charge in [0.1, 0.15) is 5.75 Å². The summed E-state index contributed by atoms with van der Waals surface area (Å²) in [7, 11) is 1.61. The van der Waals surface area contributed by atoms with Crippen molar-refractivity contribution in [3.05, 3.63) is 54.6 Å². The molecule has 0 fully saturated rings. The summed E-state index contributed by atoms with van der Waals surface area (Å²) in [6.45, 7) is 2.56. The predicted octanol–water partition coefficient (Wildman–Crippen LogP) is 4.26. The van der Waals surface area contributed by atoms with Crippen LogP contribution in [0.4, 0.5) is 10.5 Å². The average molecular weight is 302 g/mol. The van der Waals surface area contributed by atoms with Crippen molar-refractivity contribution in [3.8, 4) is 5.75 Å². The average Bonchev–Trinajstić information content (AvgIpc) is 2.54. The zero-order valence-corrected chi connectivity index (χ0v) is 12.9. The first kappa shape index (κ1) is 15.3. The van der Waals surface area contributed by atoms with Crippen LogP contribution in [0.25, 0.3) is 0 Å². The molecule has 4 nitrogen and oxygen atoms in total. The van der Waals surface area contributed by atoms with Crippen LogP contribution >= 0.6 is 11.9 Å². The summed E-state index contributed by atoms with van der Waals surface area (Å²) >= 11 is 1.42. The van der Waals surface area contributed by atoms with Crippen LogP contribution in [-0.2, 0) is 0 Å². The first-order chi connectivity index (χ1) is 10.2. The smallest absolute Gasteiger partial charge is 0.332 e. The van der Waals surface area contributed by atoms with Crippen molar-refractivity contribution >= 4 is 23.7 Å². The van der Waals surface area contributed by atoms with Crippen molar-refractivity contribution < 1.29 is 9.53 Å². The number of carbonyl (C=O) groups excluding carboxylic acids is 1. The zero-order chi connectivity index (χ0) is 15.1. The highest BCUT2D eigenvalue weighted by molar-refractivity contribution is 7.97. The summed E-state index contributed by atoms with van der Waals surface area (Å²) in [4.78, 5) is 13.3. The number of carbonyl (C=O) groups is 1. The Balaban J connectivity index is 1.99. The van der Waals surface area contributed by atoms with Gasteiger partial charge in [0.25, 0.3) is 0 Å². The van der Waals surface area contributed by atoms with Gasteiger partial charge in [-0.25, -0.2) is 4.79 Å². The number of anilines is 1. The van der Waals surface area contributed by atoms with Crippen LogP contribution in [0.5, 0.6) is 5.75 Å². The number of benzene rings is 2. The minimum absolute atomic E-state index is 0.142. The molecule has 0 heterocycles. The van der Waals surface area contributed by atoms with Crippen LogP contribution in [0.15, 0.2) is 59.5 Å². The minimum Gasteiger partial charge on any atom is -0.497 e. The first-order valence-electron chi connectivity index (χ1n) is 6.68. The van der Waals surface area contributed by atoms with Gasteiger partial charge in [0, 0.05) is 17.1 Å². The van der Waals surface area contributed by atoms with Crippen molar-refractivity contribution in [2.45, 2.75) is 11.8 Å². The number of rotatable bonds is 5. The van der Waals surface area contributed by atoms with E-state index in [0.29, 0.717) is 6.54 Å². The molecule has 110 valence electrons. The molecule has 0 aromatic heterocycles. The molecule has 2 aromatic rings. The van der Waals surface area contributed by atoms with Crippen LogP contribution in [0, 0.1) is 0 Å². The maximum atomic E-state index is 12.3. The molecule has 2 rings (SSSR count). The van der Waals surface area contributed by atoms with E-state index < -0.39 is 0 Å². The van der Waals surface area contributed by atoms with E-state index in [9.17, 15) is 4.79 Å². The second-order valence-electron chi connectivity index (χ2n) is 4.26. The van der Waals surface area contributed by atoms with Gasteiger partial charge in [-0.1, -0.05) is 18.2 Å². The molecule has 0 unspecified atom stereocenters. The molecule has 21 heavy (non-hydrogen) atoms. The number of urea groups is 1. The van der Waals surface area contributed by atoms with E-state index in [4.69, 9.17) is 4.74 Å². The zero-order valence-electron chi connectivity index (χ0n) is 12.1. The van der Waals surface area contributed by atoms with Gasteiger partial charge in [0.2, 0.25) is 0 Å². The molecular weight excluding hydrogens is 284 g/mol. The van der Waals surface area contributed by atoms with Crippen LogP contribution in [0.3, 0.4) is 0 Å². The van der Waals surface area contributed by atoms with Gasteiger partial charge in [-0.2, -0.15) is 0 Å². The largest absolute Gasteiger partial charge is 0.497 e. The third-order valence-corrected chi connectivity index (χ3v) is 3.94. The molecule has 0 aliphatic carbocycles. The van der Waals surface area contributed by atoms with Crippen LogP contribution in [0.2, 0.25) is 0 Å². The standard InChI is InChI=1S/C16H18N2O2S/c1-3-18(21-15-7-5-4-6-8-15)16(19)17-13-9-11-14(20-2)12-10-13/h4-12H,3H2,1-2H3,(H,17,19). The number of hydrogen-bond acceptors (Lipinski definition) is 3. The fourth-order valence-corrected chi connectivity index (χ4v) is 2.51. The molecule has 0 radical (unpaired) electrons. The monoisotopic (exact) mass is 302 g/mol. The molecule has 0 aliphatic heterocycles. The second kappa shape index (κ2) is 7.59. The highest BCUT2D eigenvalue weighted by Crippen LogP contribution is 2.23. The van der Waals surface area contributed by atoms with E-state index in [1.807, 2.05) is 61.5 Å². The summed E-state index contributed by atoms with van der Waals surface area (Å²) in [6.07, 6.45) is 0. The van der Waals surface area contributed by atoms with Crippen LogP contribution < -0.4 is 10.1 Å². The fourth-order valence-electron chi connectivity index (χ4n) is 1.72. The summed E-state index contributed by atoms with van der Waals surface area (Å²) in [5.74, 6) is 0.763. The normalized spacial score (nSPS) is 10.0. The first-order valence-corrected chi connectivity index (χ1v) is 7.46. The SMILES string of the molecule is CCN(Sc1ccccc1)C(=O)Nc1ccc(OC)cc1. The topological polar surface area (TPSA) is 41.6 Å². The third kappa shape index (κ3) is 4.43. The minimum atomic E-state index is -0.142. The summed E-state index contributed by atoms with van der Waals surface area (Å²) in [5, 5.41) is 2.88. The quantitative estimate of drug-likeness (QED) is 0.839. The highest BCUT2D eigenvalue weighted by atomic mass is 32.2. The van der Waals surface area contributed by atoms with E-state index >= 15 is 0 Å². The predicted molar refractivity (Wildman–Crippen MR) is 86.7 cm³/mol. The molecule has 0 aliphatic rings. The fraction of sp³-hybridized carbons (Fsp3) is 0.188. The number of methoxy groups -OCH3 is 1. The molecule has 0 saturated heterocycles. The lowest BCUT2D eigenvalue weighted by Crippen LogP contribution is -2.28. The van der Waals surface area contributed by atoms with Gasteiger partial charge in [-0.3, -0.25) is 4.31 Å². The van der Waals surface area contributed by atoms with Crippen molar-refractivity contribution in [2.24, 2.45) is 0 Å². The summed E-state index contributed by atoms with van der Waals surface area (Å²) in [5.41, 5.74) is 0.743. The Labute approximate surface area is 129 Å². The molecule has 0 atom stereocenters. The lowest BCUT2D eigenvalue weighted by molar-refractivity contribution is 0.239. The number of ether oxygens (including phenoxy) is 1. The van der Waals surface area contributed by atoms with Gasteiger partial charge in [-0.05, 0) is 55.3 Å². The van der Waals surface area contributed by atoms with Crippen molar-refractivity contribution in [1.82, 2.24) is 4.31 Å². The van der Waals surface area contributed by atoms with Crippen LogP contribution in [0.1, 0.15) is 6.92 Å². The number of nitrogens with zero attached hydrogens (tertiary/aromatic N) is 1. The van der Waals surface area contributed by atoms with Crippen LogP contribution in [-0.4, -0.2) is 24.0 Å². The van der Waals surface area contributed by atoms with Crippen molar-refractivity contribution in [1.29, 1.82) is 0 Å². The molecule has 2 amide bonds. The molecule has 0 bridgehead atoms. The Morgan fingerprint density at radius 1 is 1.14 bits per heavy atom. The maximum absolute atomic E-state index is 12.3. The van der Waals surface area contributed by atoms with E-state index in [1.54, 1.807) is 11.4 Å². The van der Waals surface area contributed by atoms with Gasteiger partial charge in [0.15, 0.2) is 0 Å². The van der Waals surface area contributed by atoms with Gasteiger partial charge in [0.05, 0.1) is 7.11 Å². The highest BCUT2D eigenvalue weighted by Gasteiger charge is 2.13. The Bertz CT molecular complexity index is 573. The number of nitrogens with one attached hydrogen (secondary N) is 1. The molecule has 5 heteroatoms. The molecule has 2 aromatic carbocycles. The summed E-state index contributed by atoms with van der Waals surface area (Å²) in [6, 6.07) is 17.0. The maximum Gasteiger partial charge on any atom is 0.332 e. The second-order valence-corrected chi connectivity index (χ2v) is 5.35. The van der Waals surface area contributed by atoms with Crippen molar-refractivity contribution in [3.63, 3.8) is 0 Å².